The van der Waals surface area contributed by atoms with Crippen LogP contribution in [0, 0.1) is 5.92 Å². The Bertz CT molecular complexity index is 502. The molecule has 22 heavy (non-hydrogen) atoms. The number of nitrogens with one attached hydrogen (secondary N) is 1. The van der Waals surface area contributed by atoms with Crippen molar-refractivity contribution in [3.63, 3.8) is 0 Å². The van der Waals surface area contributed by atoms with Gasteiger partial charge in [0.1, 0.15) is 0 Å². The van der Waals surface area contributed by atoms with Crippen molar-refractivity contribution in [3.05, 3.63) is 29.8 Å². The number of nitrogens with two attached hydrogens (primary N) is 1. The molecule has 0 bridgehead atoms. The summed E-state index contributed by atoms with van der Waals surface area (Å²) >= 11 is 0. The van der Waals surface area contributed by atoms with E-state index in [2.05, 4.69) is 5.32 Å². The first-order valence-corrected chi connectivity index (χ1v) is 7.36. The Morgan fingerprint density at radius 3 is 2.32 bits per heavy atom. The van der Waals surface area contributed by atoms with E-state index in [4.69, 9.17) is 5.73 Å². The van der Waals surface area contributed by atoms with Gasteiger partial charge < -0.3 is 16.0 Å². The number of nitrogens with zero attached hydrogens (tertiary/aromatic N) is 1. The monoisotopic (exact) mass is 327 g/mol. The molecule has 0 aliphatic heterocycles. The molecule has 1 rings (SSSR count). The van der Waals surface area contributed by atoms with Crippen molar-refractivity contribution in [2.75, 3.05) is 18.4 Å². The highest BCUT2D eigenvalue weighted by molar-refractivity contribution is 5.97. The quantitative estimate of drug-likeness (QED) is 0.843. The van der Waals surface area contributed by atoms with Gasteiger partial charge in [0.2, 0.25) is 5.91 Å². The van der Waals surface area contributed by atoms with Crippen molar-refractivity contribution in [1.82, 2.24) is 4.90 Å². The van der Waals surface area contributed by atoms with E-state index in [0.29, 0.717) is 24.3 Å². The van der Waals surface area contributed by atoms with E-state index in [1.807, 2.05) is 13.8 Å². The summed E-state index contributed by atoms with van der Waals surface area (Å²) in [6.45, 7) is 8.78. The predicted octanol–water partition coefficient (Wildman–Crippen LogP) is 2.51. The zero-order valence-electron chi connectivity index (χ0n) is 13.6. The molecular formula is C16H26ClN3O2. The summed E-state index contributed by atoms with van der Waals surface area (Å²) in [5.41, 5.74) is 6.91. The van der Waals surface area contributed by atoms with Gasteiger partial charge in [0.15, 0.2) is 0 Å². The van der Waals surface area contributed by atoms with Gasteiger partial charge in [-0.1, -0.05) is 13.0 Å². The normalized spacial score (nSPS) is 12.8. The molecule has 2 amide bonds. The molecule has 0 heterocycles. The Labute approximate surface area is 138 Å². The summed E-state index contributed by atoms with van der Waals surface area (Å²) in [4.78, 5) is 26.0. The van der Waals surface area contributed by atoms with Crippen LogP contribution in [-0.2, 0) is 4.79 Å². The van der Waals surface area contributed by atoms with E-state index < -0.39 is 0 Å². The Kier molecular flexibility index (Phi) is 8.75. The van der Waals surface area contributed by atoms with E-state index in [0.717, 1.165) is 0 Å². The number of halogens is 1. The predicted molar refractivity (Wildman–Crippen MR) is 92.4 cm³/mol. The molecular weight excluding hydrogens is 302 g/mol. The molecule has 0 aliphatic rings. The third-order valence-electron chi connectivity index (χ3n) is 3.63. The van der Waals surface area contributed by atoms with E-state index in [9.17, 15) is 9.59 Å². The lowest BCUT2D eigenvalue weighted by molar-refractivity contribution is -0.119. The van der Waals surface area contributed by atoms with Crippen molar-refractivity contribution in [2.45, 2.75) is 33.7 Å². The molecule has 0 saturated heterocycles. The van der Waals surface area contributed by atoms with Crippen LogP contribution in [0.25, 0.3) is 0 Å². The first-order valence-electron chi connectivity index (χ1n) is 7.36. The summed E-state index contributed by atoms with van der Waals surface area (Å²) < 4.78 is 0. The number of carbonyl (C=O) groups is 2. The smallest absolute Gasteiger partial charge is 0.253 e. The zero-order chi connectivity index (χ0) is 16.0. The first-order chi connectivity index (χ1) is 9.90. The molecule has 3 N–H and O–H groups in total. The molecule has 2 unspecified atom stereocenters. The van der Waals surface area contributed by atoms with Crippen molar-refractivity contribution in [3.8, 4) is 0 Å². The van der Waals surface area contributed by atoms with Gasteiger partial charge in [0.05, 0.1) is 5.92 Å². The van der Waals surface area contributed by atoms with E-state index in [1.165, 1.54) is 0 Å². The maximum atomic E-state index is 12.3. The van der Waals surface area contributed by atoms with Crippen LogP contribution < -0.4 is 11.1 Å². The van der Waals surface area contributed by atoms with Crippen LogP contribution >= 0.6 is 12.4 Å². The largest absolute Gasteiger partial charge is 0.339 e. The van der Waals surface area contributed by atoms with Crippen molar-refractivity contribution in [2.24, 2.45) is 11.7 Å². The van der Waals surface area contributed by atoms with Gasteiger partial charge in [0, 0.05) is 30.4 Å². The number of benzene rings is 1. The third-order valence-corrected chi connectivity index (χ3v) is 3.63. The molecule has 1 aromatic carbocycles. The topological polar surface area (TPSA) is 75.4 Å². The van der Waals surface area contributed by atoms with Gasteiger partial charge in [-0.15, -0.1) is 12.4 Å². The second kappa shape index (κ2) is 9.43. The van der Waals surface area contributed by atoms with Gasteiger partial charge in [-0.3, -0.25) is 9.59 Å². The van der Waals surface area contributed by atoms with Crippen LogP contribution in [0.4, 0.5) is 5.69 Å². The van der Waals surface area contributed by atoms with Crippen molar-refractivity contribution in [1.29, 1.82) is 0 Å². The summed E-state index contributed by atoms with van der Waals surface area (Å²) in [7, 11) is 0. The van der Waals surface area contributed by atoms with Crippen LogP contribution in [0.2, 0.25) is 0 Å². The Balaban J connectivity index is 0.00000441. The van der Waals surface area contributed by atoms with Gasteiger partial charge in [-0.05, 0) is 39.0 Å². The molecule has 0 saturated carbocycles. The number of carbonyl (C=O) groups excluding carboxylic acids is 2. The minimum atomic E-state index is -0.285. The lowest BCUT2D eigenvalue weighted by atomic mass is 10.0. The summed E-state index contributed by atoms with van der Waals surface area (Å²) in [5, 5.41) is 2.80. The maximum absolute atomic E-state index is 12.3. The fourth-order valence-electron chi connectivity index (χ4n) is 1.92. The second-order valence-electron chi connectivity index (χ2n) is 5.20. The molecule has 0 spiro atoms. The zero-order valence-corrected chi connectivity index (χ0v) is 14.4. The average molecular weight is 328 g/mol. The van der Waals surface area contributed by atoms with Crippen molar-refractivity contribution < 1.29 is 9.59 Å². The standard InChI is InChI=1S/C16H25N3O2.ClH/c1-5-19(6-2)16(21)13-8-7-9-14(10-13)18-15(20)11(3)12(4)17;/h7-12H,5-6,17H2,1-4H3,(H,18,20);1H. The lowest BCUT2D eigenvalue weighted by Crippen LogP contribution is -2.34. The fraction of sp³-hybridized carbons (Fsp3) is 0.500. The van der Waals surface area contributed by atoms with Crippen LogP contribution in [-0.4, -0.2) is 35.8 Å². The lowest BCUT2D eigenvalue weighted by Gasteiger charge is -2.19. The summed E-state index contributed by atoms with van der Waals surface area (Å²) in [6, 6.07) is 6.77. The van der Waals surface area contributed by atoms with E-state index in [-0.39, 0.29) is 36.2 Å². The Hall–Kier alpha value is -1.59. The molecule has 0 radical (unpaired) electrons. The molecule has 2 atom stereocenters. The summed E-state index contributed by atoms with van der Waals surface area (Å²) in [5.74, 6) is -0.457. The number of rotatable bonds is 6. The van der Waals surface area contributed by atoms with Gasteiger partial charge >= 0.3 is 0 Å². The number of hydrogen-bond acceptors (Lipinski definition) is 3. The van der Waals surface area contributed by atoms with Crippen LogP contribution in [0.15, 0.2) is 24.3 Å². The van der Waals surface area contributed by atoms with E-state index in [1.54, 1.807) is 43.0 Å². The van der Waals surface area contributed by atoms with E-state index >= 15 is 0 Å². The number of amides is 2. The minimum Gasteiger partial charge on any atom is -0.339 e. The minimum absolute atomic E-state index is 0. The first kappa shape index (κ1) is 20.4. The molecule has 0 aromatic heterocycles. The SMILES string of the molecule is CCN(CC)C(=O)c1cccc(NC(=O)C(C)C(C)N)c1.Cl. The molecule has 5 nitrogen and oxygen atoms in total. The number of hydrogen-bond donors (Lipinski definition) is 2. The van der Waals surface area contributed by atoms with Crippen LogP contribution in [0.1, 0.15) is 38.1 Å². The highest BCUT2D eigenvalue weighted by Crippen LogP contribution is 2.14. The molecule has 1 aromatic rings. The Morgan fingerprint density at radius 2 is 1.82 bits per heavy atom. The molecule has 0 aliphatic carbocycles. The molecule has 124 valence electrons. The maximum Gasteiger partial charge on any atom is 0.253 e. The average Bonchev–Trinajstić information content (AvgIpc) is 2.47. The highest BCUT2D eigenvalue weighted by Gasteiger charge is 2.18. The summed E-state index contributed by atoms with van der Waals surface area (Å²) in [6.07, 6.45) is 0. The van der Waals surface area contributed by atoms with Gasteiger partial charge in [-0.2, -0.15) is 0 Å². The highest BCUT2D eigenvalue weighted by atomic mass is 35.5. The van der Waals surface area contributed by atoms with Gasteiger partial charge in [-0.25, -0.2) is 0 Å². The molecule has 0 fully saturated rings. The second-order valence-corrected chi connectivity index (χ2v) is 5.20. The third kappa shape index (κ3) is 5.31. The van der Waals surface area contributed by atoms with Crippen LogP contribution in [0.3, 0.4) is 0 Å². The molecule has 6 heteroatoms. The number of anilines is 1. The van der Waals surface area contributed by atoms with Gasteiger partial charge in [0.25, 0.3) is 5.91 Å². The Morgan fingerprint density at radius 1 is 1.23 bits per heavy atom. The van der Waals surface area contributed by atoms with Crippen molar-refractivity contribution >= 4 is 29.9 Å². The fourth-order valence-corrected chi connectivity index (χ4v) is 1.92. The van der Waals surface area contributed by atoms with Crippen LogP contribution in [0.5, 0.6) is 0 Å².